The van der Waals surface area contributed by atoms with Crippen LogP contribution in [0.25, 0.3) is 0 Å². The van der Waals surface area contributed by atoms with Crippen molar-refractivity contribution >= 4 is 39.1 Å². The third-order valence-electron chi connectivity index (χ3n) is 7.13. The number of para-hydroxylation sites is 1. The molecular formula is C35H38ClN3O4S. The van der Waals surface area contributed by atoms with Gasteiger partial charge in [0.2, 0.25) is 11.8 Å². The monoisotopic (exact) mass is 631 g/mol. The van der Waals surface area contributed by atoms with Crippen LogP contribution in [-0.2, 0) is 32.6 Å². The molecule has 9 heteroatoms. The van der Waals surface area contributed by atoms with Crippen LogP contribution in [0.3, 0.4) is 0 Å². The number of sulfonamides is 1. The van der Waals surface area contributed by atoms with E-state index in [1.54, 1.807) is 60.7 Å². The Hall–Kier alpha value is -4.14. The molecule has 4 aromatic rings. The van der Waals surface area contributed by atoms with Gasteiger partial charge >= 0.3 is 0 Å². The summed E-state index contributed by atoms with van der Waals surface area (Å²) in [6.45, 7) is 5.84. The zero-order chi connectivity index (χ0) is 31.7. The second-order valence-corrected chi connectivity index (χ2v) is 13.5. The molecule has 0 unspecified atom stereocenters. The van der Waals surface area contributed by atoms with Crippen LogP contribution < -0.4 is 9.62 Å². The van der Waals surface area contributed by atoms with E-state index in [1.807, 2.05) is 57.2 Å². The zero-order valence-electron chi connectivity index (χ0n) is 25.2. The molecule has 0 aliphatic carbocycles. The van der Waals surface area contributed by atoms with Crippen LogP contribution in [0.5, 0.6) is 0 Å². The van der Waals surface area contributed by atoms with Crippen molar-refractivity contribution in [2.24, 2.45) is 5.92 Å². The minimum Gasteiger partial charge on any atom is -0.354 e. The Morgan fingerprint density at radius 2 is 1.43 bits per heavy atom. The fourth-order valence-corrected chi connectivity index (χ4v) is 6.40. The second-order valence-electron chi connectivity index (χ2n) is 11.2. The summed E-state index contributed by atoms with van der Waals surface area (Å²) in [4.78, 5) is 29.8. The Balaban J connectivity index is 1.78. The molecule has 44 heavy (non-hydrogen) atoms. The summed E-state index contributed by atoms with van der Waals surface area (Å²) in [6.07, 6.45) is 0.243. The fourth-order valence-electron chi connectivity index (χ4n) is 4.77. The Morgan fingerprint density at radius 3 is 2.05 bits per heavy atom. The van der Waals surface area contributed by atoms with Gasteiger partial charge in [0, 0.05) is 24.5 Å². The number of rotatable bonds is 13. The minimum atomic E-state index is -4.14. The number of carbonyl (C=O) groups excluding carboxylic acids is 2. The van der Waals surface area contributed by atoms with Gasteiger partial charge in [0.05, 0.1) is 10.6 Å². The van der Waals surface area contributed by atoms with E-state index in [0.29, 0.717) is 22.8 Å². The lowest BCUT2D eigenvalue weighted by molar-refractivity contribution is -0.140. The lowest BCUT2D eigenvalue weighted by Crippen LogP contribution is -2.53. The van der Waals surface area contributed by atoms with Gasteiger partial charge in [0.25, 0.3) is 10.0 Å². The highest BCUT2D eigenvalue weighted by Gasteiger charge is 2.34. The molecule has 0 aliphatic rings. The van der Waals surface area contributed by atoms with Crippen molar-refractivity contribution in [3.63, 3.8) is 0 Å². The van der Waals surface area contributed by atoms with E-state index in [1.165, 1.54) is 17.0 Å². The number of benzene rings is 4. The van der Waals surface area contributed by atoms with Gasteiger partial charge in [0.1, 0.15) is 12.6 Å². The molecule has 4 rings (SSSR count). The van der Waals surface area contributed by atoms with Crippen LogP contribution in [0, 0.1) is 12.8 Å². The van der Waals surface area contributed by atoms with Gasteiger partial charge in [-0.25, -0.2) is 8.42 Å². The molecule has 0 saturated carbocycles. The average Bonchev–Trinajstić information content (AvgIpc) is 3.01. The summed E-state index contributed by atoms with van der Waals surface area (Å²) < 4.78 is 29.2. The molecule has 0 heterocycles. The molecule has 2 amide bonds. The van der Waals surface area contributed by atoms with Crippen molar-refractivity contribution < 1.29 is 18.0 Å². The molecule has 0 aliphatic heterocycles. The van der Waals surface area contributed by atoms with Crippen LogP contribution >= 0.6 is 11.6 Å². The van der Waals surface area contributed by atoms with Gasteiger partial charge in [-0.2, -0.15) is 0 Å². The van der Waals surface area contributed by atoms with Gasteiger partial charge in [-0.3, -0.25) is 13.9 Å². The fraction of sp³-hybridized carbons (Fsp3) is 0.257. The Morgan fingerprint density at radius 1 is 0.818 bits per heavy atom. The third-order valence-corrected chi connectivity index (χ3v) is 9.15. The zero-order valence-corrected chi connectivity index (χ0v) is 26.8. The third kappa shape index (κ3) is 8.71. The van der Waals surface area contributed by atoms with Gasteiger partial charge in [-0.15, -0.1) is 0 Å². The first-order valence-corrected chi connectivity index (χ1v) is 16.4. The number of nitrogens with zero attached hydrogens (tertiary/aromatic N) is 2. The van der Waals surface area contributed by atoms with E-state index in [4.69, 9.17) is 11.6 Å². The van der Waals surface area contributed by atoms with E-state index in [2.05, 4.69) is 5.32 Å². The highest BCUT2D eigenvalue weighted by molar-refractivity contribution is 7.92. The molecule has 4 aromatic carbocycles. The molecule has 7 nitrogen and oxygen atoms in total. The molecule has 0 aromatic heterocycles. The Bertz CT molecular complexity index is 1650. The molecule has 1 atom stereocenters. The minimum absolute atomic E-state index is 0.0548. The molecule has 0 spiro atoms. The lowest BCUT2D eigenvalue weighted by atomic mass is 10.0. The van der Waals surface area contributed by atoms with E-state index in [-0.39, 0.29) is 29.7 Å². The predicted octanol–water partition coefficient (Wildman–Crippen LogP) is 6.26. The maximum absolute atomic E-state index is 14.4. The van der Waals surface area contributed by atoms with Crippen molar-refractivity contribution in [3.8, 4) is 0 Å². The van der Waals surface area contributed by atoms with Crippen LogP contribution in [0.1, 0.15) is 30.5 Å². The van der Waals surface area contributed by atoms with E-state index in [0.717, 1.165) is 15.4 Å². The Kier molecular flexibility index (Phi) is 11.2. The first-order valence-electron chi connectivity index (χ1n) is 14.5. The number of anilines is 1. The second kappa shape index (κ2) is 15.0. The quantitative estimate of drug-likeness (QED) is 0.189. The number of aryl methyl sites for hydroxylation is 1. The largest absolute Gasteiger partial charge is 0.354 e. The predicted molar refractivity (Wildman–Crippen MR) is 176 cm³/mol. The summed E-state index contributed by atoms with van der Waals surface area (Å²) in [7, 11) is -4.14. The summed E-state index contributed by atoms with van der Waals surface area (Å²) in [5.41, 5.74) is 2.84. The standard InChI is InChI=1S/C35H38ClN3O4S/c1-26(2)23-37-35(41)33(22-28-11-6-4-7-12-28)38(24-29-13-10-14-30(36)21-29)34(40)25-39(31-15-8-5-9-16-31)44(42,43)32-19-17-27(3)18-20-32/h4-21,26,33H,22-25H2,1-3H3,(H,37,41)/t33-/m0/s1. The number of hydrogen-bond acceptors (Lipinski definition) is 4. The smallest absolute Gasteiger partial charge is 0.264 e. The molecule has 0 bridgehead atoms. The van der Waals surface area contributed by atoms with Crippen molar-refractivity contribution in [2.75, 3.05) is 17.4 Å². The van der Waals surface area contributed by atoms with Crippen molar-refractivity contribution in [1.29, 1.82) is 0 Å². The summed E-state index contributed by atoms with van der Waals surface area (Å²) in [5.74, 6) is -0.641. The molecule has 230 valence electrons. The molecular weight excluding hydrogens is 594 g/mol. The maximum atomic E-state index is 14.4. The highest BCUT2D eigenvalue weighted by atomic mass is 35.5. The highest BCUT2D eigenvalue weighted by Crippen LogP contribution is 2.25. The summed E-state index contributed by atoms with van der Waals surface area (Å²) in [6, 6.07) is 30.7. The van der Waals surface area contributed by atoms with E-state index in [9.17, 15) is 18.0 Å². The van der Waals surface area contributed by atoms with Crippen LogP contribution in [0.4, 0.5) is 5.69 Å². The van der Waals surface area contributed by atoms with Gasteiger partial charge in [-0.1, -0.05) is 104 Å². The number of halogens is 1. The number of carbonyl (C=O) groups is 2. The maximum Gasteiger partial charge on any atom is 0.264 e. The van der Waals surface area contributed by atoms with Crippen molar-refractivity contribution in [2.45, 2.75) is 44.7 Å². The van der Waals surface area contributed by atoms with Crippen LogP contribution in [0.15, 0.2) is 114 Å². The summed E-state index contributed by atoms with van der Waals surface area (Å²) in [5, 5.41) is 3.48. The molecule has 1 N–H and O–H groups in total. The molecule has 0 fully saturated rings. The summed E-state index contributed by atoms with van der Waals surface area (Å²) >= 11 is 6.30. The number of amides is 2. The van der Waals surface area contributed by atoms with Gasteiger partial charge in [-0.05, 0) is 60.4 Å². The van der Waals surface area contributed by atoms with Gasteiger partial charge in [0.15, 0.2) is 0 Å². The topological polar surface area (TPSA) is 86.8 Å². The first kappa shape index (κ1) is 32.8. The van der Waals surface area contributed by atoms with Crippen LogP contribution in [-0.4, -0.2) is 44.3 Å². The normalized spacial score (nSPS) is 12.0. The SMILES string of the molecule is Cc1ccc(S(=O)(=O)N(CC(=O)N(Cc2cccc(Cl)c2)[C@@H](Cc2ccccc2)C(=O)NCC(C)C)c2ccccc2)cc1. The first-order chi connectivity index (χ1) is 21.0. The van der Waals surface area contributed by atoms with Crippen molar-refractivity contribution in [3.05, 3.63) is 131 Å². The lowest BCUT2D eigenvalue weighted by Gasteiger charge is -2.34. The van der Waals surface area contributed by atoms with Crippen LogP contribution in [0.2, 0.25) is 5.02 Å². The molecule has 0 radical (unpaired) electrons. The number of hydrogen-bond donors (Lipinski definition) is 1. The number of nitrogens with one attached hydrogen (secondary N) is 1. The Labute approximate surface area is 265 Å². The average molecular weight is 632 g/mol. The van der Waals surface area contributed by atoms with E-state index < -0.39 is 28.5 Å². The van der Waals surface area contributed by atoms with Crippen molar-refractivity contribution in [1.82, 2.24) is 10.2 Å². The molecule has 0 saturated heterocycles. The van der Waals surface area contributed by atoms with Gasteiger partial charge < -0.3 is 10.2 Å². The van der Waals surface area contributed by atoms with E-state index >= 15 is 0 Å².